The maximum absolute atomic E-state index is 13.6. The van der Waals surface area contributed by atoms with Gasteiger partial charge in [0.2, 0.25) is 0 Å². The number of alkyl halides is 5. The van der Waals surface area contributed by atoms with Crippen molar-refractivity contribution >= 4 is 5.82 Å². The van der Waals surface area contributed by atoms with E-state index in [9.17, 15) is 22.0 Å². The summed E-state index contributed by atoms with van der Waals surface area (Å²) in [6.45, 7) is 0. The van der Waals surface area contributed by atoms with Crippen LogP contribution in [0.1, 0.15) is 17.7 Å². The molecule has 120 valence electrons. The van der Waals surface area contributed by atoms with E-state index in [1.165, 1.54) is 18.2 Å². The second kappa shape index (κ2) is 4.44. The minimum atomic E-state index is -5.25. The van der Waals surface area contributed by atoms with E-state index < -0.39 is 41.0 Å². The summed E-state index contributed by atoms with van der Waals surface area (Å²) < 4.78 is 68.0. The van der Waals surface area contributed by atoms with E-state index in [2.05, 4.69) is 5.10 Å². The molecule has 9 heteroatoms. The van der Waals surface area contributed by atoms with Crippen LogP contribution in [0.25, 0.3) is 5.69 Å². The number of anilines is 1. The fraction of sp³-hybridized carbons (Fsp3) is 0.286. The standard InChI is InChI=1S/C14H9F5N4/c15-13(16)7-12(13,14(17,18)19)10-9(6-20)22-23(11(10)21)8-4-2-1-3-5-8/h1-5H,7,21H2. The van der Waals surface area contributed by atoms with Crippen molar-refractivity contribution in [1.29, 1.82) is 5.26 Å². The molecule has 4 nitrogen and oxygen atoms in total. The molecular weight excluding hydrogens is 319 g/mol. The summed E-state index contributed by atoms with van der Waals surface area (Å²) in [5.41, 5.74) is 0.781. The van der Waals surface area contributed by atoms with Gasteiger partial charge in [0.1, 0.15) is 11.9 Å². The SMILES string of the molecule is N#Cc1nn(-c2ccccc2)c(N)c1C1(C(F)(F)F)CC1(F)F. The second-order valence-electron chi connectivity index (χ2n) is 5.25. The molecule has 23 heavy (non-hydrogen) atoms. The van der Waals surface area contributed by atoms with Crippen LogP contribution in [0.3, 0.4) is 0 Å². The maximum atomic E-state index is 13.6. The smallest absolute Gasteiger partial charge is 0.383 e. The number of hydrogen-bond acceptors (Lipinski definition) is 3. The van der Waals surface area contributed by atoms with Gasteiger partial charge < -0.3 is 5.73 Å². The molecule has 1 heterocycles. The molecule has 3 rings (SSSR count). The molecule has 1 saturated carbocycles. The number of para-hydroxylation sites is 1. The van der Waals surface area contributed by atoms with Crippen LogP contribution in [0.2, 0.25) is 0 Å². The average Bonchev–Trinajstić information content (AvgIpc) is 2.92. The topological polar surface area (TPSA) is 67.6 Å². The minimum absolute atomic E-state index is 0.272. The van der Waals surface area contributed by atoms with Gasteiger partial charge in [-0.1, -0.05) is 18.2 Å². The molecule has 1 fully saturated rings. The number of hydrogen-bond donors (Lipinski definition) is 1. The first kappa shape index (κ1) is 15.3. The second-order valence-corrected chi connectivity index (χ2v) is 5.25. The molecule has 1 unspecified atom stereocenters. The van der Waals surface area contributed by atoms with Gasteiger partial charge in [0.15, 0.2) is 11.1 Å². The number of nitrogen functional groups attached to an aromatic ring is 1. The number of aromatic nitrogens is 2. The number of nitrogens with two attached hydrogens (primary N) is 1. The van der Waals surface area contributed by atoms with Crippen LogP contribution in [0.5, 0.6) is 0 Å². The number of benzene rings is 1. The van der Waals surface area contributed by atoms with Crippen LogP contribution in [0, 0.1) is 11.3 Å². The Morgan fingerprint density at radius 3 is 2.22 bits per heavy atom. The third-order valence-corrected chi connectivity index (χ3v) is 3.93. The van der Waals surface area contributed by atoms with Crippen LogP contribution in [0.4, 0.5) is 27.8 Å². The van der Waals surface area contributed by atoms with E-state index >= 15 is 0 Å². The average molecular weight is 328 g/mol. The molecule has 2 N–H and O–H groups in total. The zero-order valence-corrected chi connectivity index (χ0v) is 11.4. The molecule has 0 aliphatic heterocycles. The molecular formula is C14H9F5N4. The molecule has 1 aliphatic rings. The van der Waals surface area contributed by atoms with E-state index in [0.717, 1.165) is 4.68 Å². The van der Waals surface area contributed by atoms with Crippen LogP contribution in [-0.2, 0) is 5.41 Å². The molecule has 1 aliphatic carbocycles. The summed E-state index contributed by atoms with van der Waals surface area (Å²) in [6.07, 6.45) is -6.69. The van der Waals surface area contributed by atoms with Crippen molar-refractivity contribution in [2.24, 2.45) is 0 Å². The van der Waals surface area contributed by atoms with E-state index in [-0.39, 0.29) is 5.69 Å². The first-order valence-electron chi connectivity index (χ1n) is 6.45. The van der Waals surface area contributed by atoms with Crippen molar-refractivity contribution < 1.29 is 22.0 Å². The Hall–Kier alpha value is -2.63. The molecule has 0 amide bonds. The van der Waals surface area contributed by atoms with Crippen LogP contribution < -0.4 is 5.73 Å². The predicted molar refractivity (Wildman–Crippen MR) is 70.0 cm³/mol. The zero-order valence-electron chi connectivity index (χ0n) is 11.4. The highest BCUT2D eigenvalue weighted by Crippen LogP contribution is 2.70. The molecule has 0 radical (unpaired) electrons. The highest BCUT2D eigenvalue weighted by Gasteiger charge is 2.86. The lowest BCUT2D eigenvalue weighted by Crippen LogP contribution is -2.35. The van der Waals surface area contributed by atoms with Crippen molar-refractivity contribution in [3.05, 3.63) is 41.6 Å². The molecule has 1 aromatic heterocycles. The molecule has 0 bridgehead atoms. The van der Waals surface area contributed by atoms with E-state index in [0.29, 0.717) is 0 Å². The van der Waals surface area contributed by atoms with Gasteiger partial charge in [0, 0.05) is 6.42 Å². The van der Waals surface area contributed by atoms with Gasteiger partial charge in [-0.2, -0.15) is 23.5 Å². The van der Waals surface area contributed by atoms with Crippen molar-refractivity contribution in [2.45, 2.75) is 23.9 Å². The Balaban J connectivity index is 2.26. The number of nitrogens with zero attached hydrogens (tertiary/aromatic N) is 3. The molecule has 0 saturated heterocycles. The largest absolute Gasteiger partial charge is 0.404 e. The van der Waals surface area contributed by atoms with E-state index in [4.69, 9.17) is 11.0 Å². The maximum Gasteiger partial charge on any atom is 0.404 e. The van der Waals surface area contributed by atoms with Crippen molar-refractivity contribution in [3.8, 4) is 11.8 Å². The third-order valence-electron chi connectivity index (χ3n) is 3.93. The van der Waals surface area contributed by atoms with Gasteiger partial charge in [-0.25, -0.2) is 13.5 Å². The Bertz CT molecular complexity index is 803. The van der Waals surface area contributed by atoms with E-state index in [1.54, 1.807) is 18.2 Å². The van der Waals surface area contributed by atoms with Crippen molar-refractivity contribution in [2.75, 3.05) is 5.73 Å². The predicted octanol–water partition coefficient (Wildman–Crippen LogP) is 3.17. The fourth-order valence-electron chi connectivity index (χ4n) is 2.71. The van der Waals surface area contributed by atoms with Crippen molar-refractivity contribution in [3.63, 3.8) is 0 Å². The summed E-state index contributed by atoms with van der Waals surface area (Å²) >= 11 is 0. The quantitative estimate of drug-likeness (QED) is 0.861. The monoisotopic (exact) mass is 328 g/mol. The van der Waals surface area contributed by atoms with Crippen LogP contribution in [0.15, 0.2) is 30.3 Å². The van der Waals surface area contributed by atoms with Gasteiger partial charge in [-0.05, 0) is 12.1 Å². The Morgan fingerprint density at radius 1 is 1.22 bits per heavy atom. The highest BCUT2D eigenvalue weighted by molar-refractivity contribution is 5.61. The first-order chi connectivity index (χ1) is 10.7. The van der Waals surface area contributed by atoms with Crippen LogP contribution >= 0.6 is 0 Å². The Morgan fingerprint density at radius 2 is 1.78 bits per heavy atom. The van der Waals surface area contributed by atoms with Gasteiger partial charge in [0.25, 0.3) is 5.92 Å². The minimum Gasteiger partial charge on any atom is -0.383 e. The highest BCUT2D eigenvalue weighted by atomic mass is 19.4. The Labute approximate surface area is 126 Å². The lowest BCUT2D eigenvalue weighted by molar-refractivity contribution is -0.182. The summed E-state index contributed by atoms with van der Waals surface area (Å²) in [4.78, 5) is 0. The normalized spacial score (nSPS) is 22.6. The van der Waals surface area contributed by atoms with Crippen LogP contribution in [-0.4, -0.2) is 21.9 Å². The zero-order chi connectivity index (χ0) is 17.0. The molecule has 1 atom stereocenters. The summed E-state index contributed by atoms with van der Waals surface area (Å²) in [5, 5.41) is 12.7. The van der Waals surface area contributed by atoms with Gasteiger partial charge in [-0.15, -0.1) is 0 Å². The number of rotatable bonds is 2. The lowest BCUT2D eigenvalue weighted by Gasteiger charge is -2.20. The number of nitriles is 1. The van der Waals surface area contributed by atoms with Gasteiger partial charge in [-0.3, -0.25) is 0 Å². The van der Waals surface area contributed by atoms with Gasteiger partial charge >= 0.3 is 6.18 Å². The fourth-order valence-corrected chi connectivity index (χ4v) is 2.71. The van der Waals surface area contributed by atoms with E-state index in [1.807, 2.05) is 0 Å². The summed E-state index contributed by atoms with van der Waals surface area (Å²) in [5.74, 6) is -4.63. The summed E-state index contributed by atoms with van der Waals surface area (Å²) in [7, 11) is 0. The number of halogens is 5. The Kier molecular flexibility index (Phi) is 2.95. The summed E-state index contributed by atoms with van der Waals surface area (Å²) in [6, 6.07) is 9.22. The lowest BCUT2D eigenvalue weighted by atomic mass is 9.94. The van der Waals surface area contributed by atoms with Crippen molar-refractivity contribution in [1.82, 2.24) is 9.78 Å². The molecule has 2 aromatic rings. The van der Waals surface area contributed by atoms with Gasteiger partial charge in [0.05, 0.1) is 11.3 Å². The molecule has 1 aromatic carbocycles. The first-order valence-corrected chi connectivity index (χ1v) is 6.45. The molecule has 0 spiro atoms. The third kappa shape index (κ3) is 1.91.